The molecule has 0 amide bonds. The lowest BCUT2D eigenvalue weighted by atomic mass is 10.1. The predicted octanol–water partition coefficient (Wildman–Crippen LogP) is 4.54. The Labute approximate surface area is 118 Å². The van der Waals surface area contributed by atoms with E-state index in [2.05, 4.69) is 15.9 Å². The monoisotopic (exact) mass is 327 g/mol. The van der Waals surface area contributed by atoms with E-state index in [0.717, 1.165) is 22.2 Å². The van der Waals surface area contributed by atoms with Crippen LogP contribution in [0.4, 0.5) is 8.78 Å². The Hall–Kier alpha value is -1.46. The summed E-state index contributed by atoms with van der Waals surface area (Å²) in [5.74, 6) is -1.00. The van der Waals surface area contributed by atoms with E-state index in [9.17, 15) is 8.78 Å². The van der Waals surface area contributed by atoms with Gasteiger partial charge in [0.1, 0.15) is 11.6 Å². The standard InChI is InChI=1S/C14H12BrF2NO/c1-8(18)11-4-2-9(15)6-14(11)19-13-5-3-10(16)7-12(13)17/h2-8H,18H2,1H3. The smallest absolute Gasteiger partial charge is 0.168 e. The van der Waals surface area contributed by atoms with E-state index < -0.39 is 11.6 Å². The molecule has 2 aromatic rings. The number of halogens is 3. The van der Waals surface area contributed by atoms with Gasteiger partial charge in [0, 0.05) is 22.1 Å². The molecule has 0 saturated heterocycles. The van der Waals surface area contributed by atoms with Crippen LogP contribution >= 0.6 is 15.9 Å². The van der Waals surface area contributed by atoms with E-state index in [-0.39, 0.29) is 11.8 Å². The Morgan fingerprint density at radius 2 is 1.84 bits per heavy atom. The summed E-state index contributed by atoms with van der Waals surface area (Å²) in [5, 5.41) is 0. The highest BCUT2D eigenvalue weighted by Crippen LogP contribution is 2.32. The van der Waals surface area contributed by atoms with Crippen molar-refractivity contribution in [3.05, 3.63) is 58.1 Å². The number of benzene rings is 2. The average molecular weight is 328 g/mol. The van der Waals surface area contributed by atoms with Crippen molar-refractivity contribution in [2.24, 2.45) is 5.73 Å². The molecular weight excluding hydrogens is 316 g/mol. The van der Waals surface area contributed by atoms with Crippen molar-refractivity contribution in [1.29, 1.82) is 0 Å². The topological polar surface area (TPSA) is 35.2 Å². The third-order valence-corrected chi connectivity index (χ3v) is 3.07. The minimum Gasteiger partial charge on any atom is -0.454 e. The fraction of sp³-hybridized carbons (Fsp3) is 0.143. The number of ether oxygens (including phenoxy) is 1. The maximum atomic E-state index is 13.6. The summed E-state index contributed by atoms with van der Waals surface area (Å²) in [6.45, 7) is 1.80. The van der Waals surface area contributed by atoms with Gasteiger partial charge in [-0.15, -0.1) is 0 Å². The van der Waals surface area contributed by atoms with Crippen LogP contribution in [0, 0.1) is 11.6 Å². The zero-order valence-electron chi connectivity index (χ0n) is 10.2. The van der Waals surface area contributed by atoms with Crippen LogP contribution < -0.4 is 10.5 Å². The van der Waals surface area contributed by atoms with Crippen LogP contribution in [0.15, 0.2) is 40.9 Å². The Kier molecular flexibility index (Phi) is 4.17. The van der Waals surface area contributed by atoms with Crippen LogP contribution in [-0.2, 0) is 0 Å². The second-order valence-electron chi connectivity index (χ2n) is 4.15. The van der Waals surface area contributed by atoms with Gasteiger partial charge in [-0.1, -0.05) is 22.0 Å². The van der Waals surface area contributed by atoms with Crippen molar-refractivity contribution in [1.82, 2.24) is 0 Å². The zero-order valence-corrected chi connectivity index (χ0v) is 11.7. The first-order valence-corrected chi connectivity index (χ1v) is 6.44. The predicted molar refractivity (Wildman–Crippen MR) is 73.2 cm³/mol. The van der Waals surface area contributed by atoms with Gasteiger partial charge in [0.25, 0.3) is 0 Å². The molecule has 0 radical (unpaired) electrons. The van der Waals surface area contributed by atoms with Crippen molar-refractivity contribution in [3.8, 4) is 11.5 Å². The Bertz CT molecular complexity index is 602. The Balaban J connectivity index is 2.39. The molecule has 0 aliphatic rings. The SMILES string of the molecule is CC(N)c1ccc(Br)cc1Oc1ccc(F)cc1F. The van der Waals surface area contributed by atoms with Crippen molar-refractivity contribution >= 4 is 15.9 Å². The second-order valence-corrected chi connectivity index (χ2v) is 5.06. The molecule has 100 valence electrons. The van der Waals surface area contributed by atoms with Gasteiger partial charge in [-0.2, -0.15) is 0 Å². The summed E-state index contributed by atoms with van der Waals surface area (Å²) < 4.78 is 32.7. The number of nitrogens with two attached hydrogens (primary N) is 1. The second kappa shape index (κ2) is 5.67. The highest BCUT2D eigenvalue weighted by atomic mass is 79.9. The summed E-state index contributed by atoms with van der Waals surface area (Å²) in [6.07, 6.45) is 0. The molecule has 0 aliphatic carbocycles. The summed E-state index contributed by atoms with van der Waals surface area (Å²) >= 11 is 3.31. The van der Waals surface area contributed by atoms with E-state index >= 15 is 0 Å². The van der Waals surface area contributed by atoms with Crippen LogP contribution in [0.3, 0.4) is 0 Å². The Morgan fingerprint density at radius 3 is 2.47 bits per heavy atom. The van der Waals surface area contributed by atoms with E-state index in [1.165, 1.54) is 6.07 Å². The van der Waals surface area contributed by atoms with Crippen molar-refractivity contribution in [3.63, 3.8) is 0 Å². The first-order valence-electron chi connectivity index (χ1n) is 5.65. The molecule has 1 unspecified atom stereocenters. The molecule has 0 aromatic heterocycles. The van der Waals surface area contributed by atoms with Gasteiger partial charge < -0.3 is 10.5 Å². The van der Waals surface area contributed by atoms with Crippen LogP contribution in [-0.4, -0.2) is 0 Å². The minimum atomic E-state index is -0.754. The normalized spacial score (nSPS) is 12.3. The van der Waals surface area contributed by atoms with Crippen molar-refractivity contribution in [2.75, 3.05) is 0 Å². The van der Waals surface area contributed by atoms with E-state index in [1.807, 2.05) is 6.07 Å². The van der Waals surface area contributed by atoms with Crippen LogP contribution in [0.1, 0.15) is 18.5 Å². The quantitative estimate of drug-likeness (QED) is 0.898. The third kappa shape index (κ3) is 3.30. The van der Waals surface area contributed by atoms with Gasteiger partial charge in [-0.3, -0.25) is 0 Å². The molecule has 1 atom stereocenters. The maximum absolute atomic E-state index is 13.6. The fourth-order valence-corrected chi connectivity index (χ4v) is 1.99. The van der Waals surface area contributed by atoms with E-state index in [1.54, 1.807) is 19.1 Å². The summed E-state index contributed by atoms with van der Waals surface area (Å²) in [7, 11) is 0. The summed E-state index contributed by atoms with van der Waals surface area (Å²) in [4.78, 5) is 0. The molecule has 0 bridgehead atoms. The zero-order chi connectivity index (χ0) is 14.0. The molecule has 0 saturated carbocycles. The van der Waals surface area contributed by atoms with Gasteiger partial charge in [0.05, 0.1) is 0 Å². The lowest BCUT2D eigenvalue weighted by molar-refractivity contribution is 0.430. The number of rotatable bonds is 3. The van der Waals surface area contributed by atoms with Gasteiger partial charge >= 0.3 is 0 Å². The largest absolute Gasteiger partial charge is 0.454 e. The lowest BCUT2D eigenvalue weighted by Gasteiger charge is -2.14. The molecule has 0 spiro atoms. The number of hydrogen-bond donors (Lipinski definition) is 1. The summed E-state index contributed by atoms with van der Waals surface area (Å²) in [6, 6.07) is 8.23. The minimum absolute atomic E-state index is 0.0404. The van der Waals surface area contributed by atoms with Crippen molar-refractivity contribution < 1.29 is 13.5 Å². The van der Waals surface area contributed by atoms with Crippen LogP contribution in [0.25, 0.3) is 0 Å². The molecule has 0 fully saturated rings. The van der Waals surface area contributed by atoms with E-state index in [4.69, 9.17) is 10.5 Å². The van der Waals surface area contributed by atoms with Crippen molar-refractivity contribution in [2.45, 2.75) is 13.0 Å². The first-order chi connectivity index (χ1) is 8.97. The molecule has 2 nitrogen and oxygen atoms in total. The highest BCUT2D eigenvalue weighted by molar-refractivity contribution is 9.10. The third-order valence-electron chi connectivity index (χ3n) is 2.58. The lowest BCUT2D eigenvalue weighted by Crippen LogP contribution is -2.06. The van der Waals surface area contributed by atoms with Gasteiger partial charge in [-0.25, -0.2) is 8.78 Å². The fourth-order valence-electron chi connectivity index (χ4n) is 1.65. The van der Waals surface area contributed by atoms with Gasteiger partial charge in [-0.05, 0) is 31.2 Å². The molecular formula is C14H12BrF2NO. The Morgan fingerprint density at radius 1 is 1.11 bits per heavy atom. The number of hydrogen-bond acceptors (Lipinski definition) is 2. The molecule has 5 heteroatoms. The highest BCUT2D eigenvalue weighted by Gasteiger charge is 2.12. The maximum Gasteiger partial charge on any atom is 0.168 e. The average Bonchev–Trinajstić information content (AvgIpc) is 2.32. The van der Waals surface area contributed by atoms with Crippen LogP contribution in [0.2, 0.25) is 0 Å². The van der Waals surface area contributed by atoms with Crippen LogP contribution in [0.5, 0.6) is 11.5 Å². The molecule has 2 aromatic carbocycles. The summed E-state index contributed by atoms with van der Waals surface area (Å²) in [5.41, 5.74) is 6.57. The molecule has 0 heterocycles. The van der Waals surface area contributed by atoms with E-state index in [0.29, 0.717) is 5.75 Å². The molecule has 19 heavy (non-hydrogen) atoms. The van der Waals surface area contributed by atoms with Gasteiger partial charge in [0.2, 0.25) is 0 Å². The molecule has 2 rings (SSSR count). The first kappa shape index (κ1) is 14.0. The molecule has 2 N–H and O–H groups in total. The molecule has 0 aliphatic heterocycles. The van der Waals surface area contributed by atoms with Gasteiger partial charge in [0.15, 0.2) is 11.6 Å².